The van der Waals surface area contributed by atoms with Crippen molar-refractivity contribution in [2.75, 3.05) is 33.9 Å². The van der Waals surface area contributed by atoms with Gasteiger partial charge in [0.25, 0.3) is 0 Å². The maximum Gasteiger partial charge on any atom is 0.237 e. The molecule has 2 aliphatic rings. The normalized spacial score (nSPS) is 17.4. The number of nitrogens with one attached hydrogen (secondary N) is 4. The van der Waals surface area contributed by atoms with Gasteiger partial charge in [-0.05, 0) is 19.4 Å². The Morgan fingerprint density at radius 1 is 0.783 bits per heavy atom. The number of methoxy groups -OCH3 is 2. The molecule has 1 amide bonds. The monoisotopic (exact) mass is 662 g/mol. The average Bonchev–Trinajstić information content (AvgIpc) is 3.47. The number of hydrogen-bond donors (Lipinski definition) is 4. The zero-order valence-corrected chi connectivity index (χ0v) is 27.2. The molecule has 4 heterocycles. The molecule has 2 aromatic carbocycles. The van der Waals surface area contributed by atoms with Crippen molar-refractivity contribution in [1.29, 1.82) is 0 Å². The molecule has 2 aromatic heterocycles. The largest absolute Gasteiger partial charge is 0.480 e. The van der Waals surface area contributed by atoms with Gasteiger partial charge in [-0.2, -0.15) is 0 Å². The van der Waals surface area contributed by atoms with E-state index >= 15 is 0 Å². The van der Waals surface area contributed by atoms with E-state index in [0.29, 0.717) is 82.1 Å². The van der Waals surface area contributed by atoms with Crippen molar-refractivity contribution in [1.82, 2.24) is 41.2 Å². The molecule has 0 unspecified atom stereocenters. The molecule has 0 aliphatic carbocycles. The van der Waals surface area contributed by atoms with Crippen LogP contribution in [-0.2, 0) is 17.9 Å². The third-order valence-electron chi connectivity index (χ3n) is 8.23. The summed E-state index contributed by atoms with van der Waals surface area (Å²) in [6.07, 6.45) is 5.95. The Hall–Kier alpha value is -3.87. The van der Waals surface area contributed by atoms with E-state index in [0.717, 1.165) is 36.3 Å². The molecule has 4 aromatic rings. The molecule has 11 nitrogen and oxygen atoms in total. The first-order valence-corrected chi connectivity index (χ1v) is 16.0. The van der Waals surface area contributed by atoms with Crippen LogP contribution >= 0.6 is 23.2 Å². The molecule has 2 fully saturated rings. The van der Waals surface area contributed by atoms with E-state index in [1.54, 1.807) is 26.6 Å². The van der Waals surface area contributed by atoms with E-state index < -0.39 is 0 Å². The topological polar surface area (TPSA) is 135 Å². The van der Waals surface area contributed by atoms with Gasteiger partial charge in [-0.1, -0.05) is 59.6 Å². The highest BCUT2D eigenvalue weighted by Gasteiger charge is 2.22. The number of aromatic nitrogens is 4. The summed E-state index contributed by atoms with van der Waals surface area (Å²) in [7, 11) is 3.15. The molecule has 240 valence electrons. The average molecular weight is 664 g/mol. The Balaban J connectivity index is 1.22. The van der Waals surface area contributed by atoms with Crippen LogP contribution in [0.2, 0.25) is 10.0 Å². The summed E-state index contributed by atoms with van der Waals surface area (Å²) in [5, 5.41) is 14.0. The van der Waals surface area contributed by atoms with Crippen LogP contribution in [0, 0.1) is 0 Å². The van der Waals surface area contributed by atoms with Crippen LogP contribution in [0.15, 0.2) is 48.8 Å². The third kappa shape index (κ3) is 7.08. The third-order valence-corrected chi connectivity index (χ3v) is 9.04. The number of halogens is 2. The number of hydrogen-bond acceptors (Lipinski definition) is 10. The first kappa shape index (κ1) is 32.1. The summed E-state index contributed by atoms with van der Waals surface area (Å²) < 4.78 is 11.2. The Morgan fingerprint density at radius 3 is 1.72 bits per heavy atom. The molecular weight excluding hydrogens is 627 g/mol. The fraction of sp³-hybridized carbons (Fsp3) is 0.364. The minimum absolute atomic E-state index is 0.0872. The van der Waals surface area contributed by atoms with Crippen molar-refractivity contribution in [3.63, 3.8) is 0 Å². The molecule has 0 saturated carbocycles. The van der Waals surface area contributed by atoms with Gasteiger partial charge in [-0.25, -0.2) is 9.97 Å². The van der Waals surface area contributed by atoms with Crippen LogP contribution in [0.4, 0.5) is 0 Å². The summed E-state index contributed by atoms with van der Waals surface area (Å²) in [5.74, 6) is 0.932. The number of ether oxygens (including phenoxy) is 2. The Kier molecular flexibility index (Phi) is 10.3. The molecule has 2 aliphatic heterocycles. The Labute approximate surface area is 277 Å². The summed E-state index contributed by atoms with van der Waals surface area (Å²) in [6.45, 7) is 3.57. The maximum absolute atomic E-state index is 11.5. The second-order valence-electron chi connectivity index (χ2n) is 11.3. The fourth-order valence-electron chi connectivity index (χ4n) is 5.58. The van der Waals surface area contributed by atoms with Gasteiger partial charge in [0, 0.05) is 66.9 Å². The molecule has 2 atom stereocenters. The number of benzene rings is 2. The van der Waals surface area contributed by atoms with Crippen molar-refractivity contribution in [3.05, 3.63) is 70.2 Å². The predicted molar refractivity (Wildman–Crippen MR) is 178 cm³/mol. The number of amides is 1. The second-order valence-corrected chi connectivity index (χ2v) is 12.0. The second kappa shape index (κ2) is 14.7. The highest BCUT2D eigenvalue weighted by atomic mass is 35.5. The van der Waals surface area contributed by atoms with Gasteiger partial charge in [-0.15, -0.1) is 0 Å². The molecule has 46 heavy (non-hydrogen) atoms. The lowest BCUT2D eigenvalue weighted by Gasteiger charge is -2.27. The molecule has 6 rings (SSSR count). The molecule has 0 radical (unpaired) electrons. The SMILES string of the molecule is COc1nc(-c2cccc(-c3cccc(-c4cnc(CNC[C@@H]5CCC(=O)N5)c(OC)n4)c3Cl)c2Cl)cnc1CNC[C@H]1CCN1. The lowest BCUT2D eigenvalue weighted by atomic mass is 9.98. The van der Waals surface area contributed by atoms with Gasteiger partial charge in [-0.3, -0.25) is 14.8 Å². The first-order valence-electron chi connectivity index (χ1n) is 15.3. The molecule has 2 saturated heterocycles. The van der Waals surface area contributed by atoms with E-state index in [2.05, 4.69) is 31.2 Å². The van der Waals surface area contributed by atoms with Crippen LogP contribution in [-0.4, -0.2) is 71.8 Å². The van der Waals surface area contributed by atoms with Gasteiger partial charge in [0.2, 0.25) is 17.7 Å². The summed E-state index contributed by atoms with van der Waals surface area (Å²) >= 11 is 14.1. The zero-order chi connectivity index (χ0) is 32.0. The summed E-state index contributed by atoms with van der Waals surface area (Å²) in [5.41, 5.74) is 5.43. The van der Waals surface area contributed by atoms with E-state index in [-0.39, 0.29) is 11.9 Å². The highest BCUT2D eigenvalue weighted by Crippen LogP contribution is 2.42. The Morgan fingerprint density at radius 2 is 1.28 bits per heavy atom. The van der Waals surface area contributed by atoms with Crippen molar-refractivity contribution < 1.29 is 14.3 Å². The fourth-order valence-corrected chi connectivity index (χ4v) is 6.23. The molecule has 13 heteroatoms. The summed E-state index contributed by atoms with van der Waals surface area (Å²) in [6, 6.07) is 12.1. The molecule has 0 spiro atoms. The van der Waals surface area contributed by atoms with E-state index in [4.69, 9.17) is 42.6 Å². The zero-order valence-electron chi connectivity index (χ0n) is 25.7. The Bertz CT molecular complexity index is 1720. The number of carbonyl (C=O) groups excluding carboxylic acids is 1. The molecular formula is C33H36Cl2N8O3. The van der Waals surface area contributed by atoms with Crippen molar-refractivity contribution in [3.8, 4) is 45.4 Å². The summed E-state index contributed by atoms with van der Waals surface area (Å²) in [4.78, 5) is 30.2. The van der Waals surface area contributed by atoms with Crippen LogP contribution in [0.1, 0.15) is 30.7 Å². The van der Waals surface area contributed by atoms with E-state index in [1.165, 1.54) is 6.42 Å². The molecule has 4 N–H and O–H groups in total. The number of rotatable bonds is 13. The van der Waals surface area contributed by atoms with Crippen LogP contribution in [0.5, 0.6) is 11.8 Å². The lowest BCUT2D eigenvalue weighted by molar-refractivity contribution is -0.119. The van der Waals surface area contributed by atoms with Gasteiger partial charge < -0.3 is 30.7 Å². The smallest absolute Gasteiger partial charge is 0.237 e. The first-order chi connectivity index (χ1) is 22.4. The predicted octanol–water partition coefficient (Wildman–Crippen LogP) is 4.41. The minimum Gasteiger partial charge on any atom is -0.480 e. The minimum atomic E-state index is 0.0872. The quantitative estimate of drug-likeness (QED) is 0.163. The van der Waals surface area contributed by atoms with Crippen LogP contribution in [0.25, 0.3) is 33.6 Å². The van der Waals surface area contributed by atoms with Crippen molar-refractivity contribution >= 4 is 29.1 Å². The van der Waals surface area contributed by atoms with Crippen molar-refractivity contribution in [2.45, 2.75) is 44.4 Å². The standard InChI is InChI=1S/C33H36Cl2N8O3/c1-45-32-27(15-36-13-19-11-12-38-19)39-17-25(42-32)23-7-3-5-21(30(23)34)22-6-4-8-24(31(22)35)26-18-40-28(33(43-26)46-2)16-37-14-20-9-10-29(44)41-20/h3-8,17-20,36-38H,9-16H2,1-2H3,(H,41,44)/t19-,20+/m1/s1. The van der Waals surface area contributed by atoms with Crippen LogP contribution < -0.4 is 30.7 Å². The van der Waals surface area contributed by atoms with Gasteiger partial charge in [0.1, 0.15) is 11.4 Å². The van der Waals surface area contributed by atoms with Gasteiger partial charge >= 0.3 is 0 Å². The maximum atomic E-state index is 11.5. The van der Waals surface area contributed by atoms with Gasteiger partial charge in [0.05, 0.1) is 48.0 Å². The van der Waals surface area contributed by atoms with Crippen LogP contribution in [0.3, 0.4) is 0 Å². The van der Waals surface area contributed by atoms with E-state index in [9.17, 15) is 4.79 Å². The lowest BCUT2D eigenvalue weighted by Crippen LogP contribution is -2.48. The van der Waals surface area contributed by atoms with E-state index in [1.807, 2.05) is 36.4 Å². The highest BCUT2D eigenvalue weighted by molar-refractivity contribution is 6.39. The molecule has 0 bridgehead atoms. The number of carbonyl (C=O) groups is 1. The van der Waals surface area contributed by atoms with Gasteiger partial charge in [0.15, 0.2) is 0 Å². The van der Waals surface area contributed by atoms with Crippen molar-refractivity contribution in [2.24, 2.45) is 0 Å². The number of nitrogens with zero attached hydrogens (tertiary/aromatic N) is 4.